The molecule has 0 unspecified atom stereocenters. The summed E-state index contributed by atoms with van der Waals surface area (Å²) in [5, 5.41) is 0. The van der Waals surface area contributed by atoms with Crippen molar-refractivity contribution in [3.05, 3.63) is 47.0 Å². The molecule has 0 atom stereocenters. The SMILES string of the molecule is Fc1ccc(CCC=C2CCC2)cc1F. The molecule has 1 aromatic rings. The van der Waals surface area contributed by atoms with Crippen LogP contribution in [0, 0.1) is 11.6 Å². The van der Waals surface area contributed by atoms with Crippen LogP contribution in [0.25, 0.3) is 0 Å². The Morgan fingerprint density at radius 1 is 1.13 bits per heavy atom. The molecule has 2 rings (SSSR count). The van der Waals surface area contributed by atoms with Crippen LogP contribution in [0.3, 0.4) is 0 Å². The first-order chi connectivity index (χ1) is 7.25. The third-order valence-electron chi connectivity index (χ3n) is 2.85. The molecule has 0 spiro atoms. The minimum Gasteiger partial charge on any atom is -0.204 e. The molecule has 0 amide bonds. The van der Waals surface area contributed by atoms with Crippen molar-refractivity contribution >= 4 is 0 Å². The smallest absolute Gasteiger partial charge is 0.159 e. The molecular formula is C13H14F2. The lowest BCUT2D eigenvalue weighted by Crippen LogP contribution is -1.96. The van der Waals surface area contributed by atoms with E-state index >= 15 is 0 Å². The average molecular weight is 208 g/mol. The van der Waals surface area contributed by atoms with Crippen LogP contribution < -0.4 is 0 Å². The lowest BCUT2D eigenvalue weighted by Gasteiger charge is -2.15. The van der Waals surface area contributed by atoms with Crippen molar-refractivity contribution in [3.63, 3.8) is 0 Å². The minimum atomic E-state index is -0.768. The molecule has 1 aliphatic rings. The van der Waals surface area contributed by atoms with Gasteiger partial charge in [-0.15, -0.1) is 0 Å². The molecule has 0 aliphatic heterocycles. The van der Waals surface area contributed by atoms with Crippen LogP contribution in [0.5, 0.6) is 0 Å². The summed E-state index contributed by atoms with van der Waals surface area (Å²) in [6, 6.07) is 4.13. The summed E-state index contributed by atoms with van der Waals surface area (Å²) in [6.45, 7) is 0. The third-order valence-corrected chi connectivity index (χ3v) is 2.85. The molecule has 0 N–H and O–H groups in total. The van der Waals surface area contributed by atoms with Gasteiger partial charge in [0.1, 0.15) is 0 Å². The first-order valence-corrected chi connectivity index (χ1v) is 5.37. The first kappa shape index (κ1) is 10.3. The quantitative estimate of drug-likeness (QED) is 0.658. The molecule has 1 saturated carbocycles. The summed E-state index contributed by atoms with van der Waals surface area (Å²) in [7, 11) is 0. The van der Waals surface area contributed by atoms with E-state index in [9.17, 15) is 8.78 Å². The van der Waals surface area contributed by atoms with Crippen LogP contribution in [-0.4, -0.2) is 0 Å². The maximum absolute atomic E-state index is 12.9. The Bertz CT molecular complexity index is 374. The Balaban J connectivity index is 1.90. The van der Waals surface area contributed by atoms with Crippen LogP contribution in [0.1, 0.15) is 31.2 Å². The summed E-state index contributed by atoms with van der Waals surface area (Å²) < 4.78 is 25.5. The second kappa shape index (κ2) is 4.56. The molecule has 0 aromatic heterocycles. The van der Waals surface area contributed by atoms with Crippen LogP contribution >= 0.6 is 0 Å². The van der Waals surface area contributed by atoms with Crippen LogP contribution in [0.15, 0.2) is 29.8 Å². The van der Waals surface area contributed by atoms with E-state index < -0.39 is 11.6 Å². The molecule has 0 radical (unpaired) electrons. The lowest BCUT2D eigenvalue weighted by atomic mass is 9.91. The summed E-state index contributed by atoms with van der Waals surface area (Å²) in [5.74, 6) is -1.51. The average Bonchev–Trinajstić information content (AvgIpc) is 2.15. The fourth-order valence-electron chi connectivity index (χ4n) is 1.72. The zero-order valence-corrected chi connectivity index (χ0v) is 8.60. The predicted octanol–water partition coefficient (Wildman–Crippen LogP) is 4.01. The van der Waals surface area contributed by atoms with Gasteiger partial charge < -0.3 is 0 Å². The summed E-state index contributed by atoms with van der Waals surface area (Å²) in [4.78, 5) is 0. The van der Waals surface area contributed by atoms with Gasteiger partial charge in [0.2, 0.25) is 0 Å². The highest BCUT2D eigenvalue weighted by atomic mass is 19.2. The molecule has 0 bridgehead atoms. The zero-order chi connectivity index (χ0) is 10.7. The molecule has 15 heavy (non-hydrogen) atoms. The van der Waals surface area contributed by atoms with Gasteiger partial charge in [-0.2, -0.15) is 0 Å². The highest BCUT2D eigenvalue weighted by Gasteiger charge is 2.07. The van der Waals surface area contributed by atoms with E-state index in [1.54, 1.807) is 6.07 Å². The predicted molar refractivity (Wildman–Crippen MR) is 56.6 cm³/mol. The summed E-state index contributed by atoms with van der Waals surface area (Å²) >= 11 is 0. The molecule has 1 aromatic carbocycles. The van der Waals surface area contributed by atoms with Crippen molar-refractivity contribution in [2.45, 2.75) is 32.1 Å². The second-order valence-electron chi connectivity index (χ2n) is 4.00. The molecule has 0 nitrogen and oxygen atoms in total. The minimum absolute atomic E-state index is 0.746. The van der Waals surface area contributed by atoms with E-state index in [2.05, 4.69) is 6.08 Å². The number of halogens is 2. The van der Waals surface area contributed by atoms with Crippen molar-refractivity contribution in [3.8, 4) is 0 Å². The fourth-order valence-corrected chi connectivity index (χ4v) is 1.72. The molecular weight excluding hydrogens is 194 g/mol. The van der Waals surface area contributed by atoms with E-state index in [4.69, 9.17) is 0 Å². The maximum Gasteiger partial charge on any atom is 0.159 e. The van der Waals surface area contributed by atoms with Crippen LogP contribution in [0.2, 0.25) is 0 Å². The lowest BCUT2D eigenvalue weighted by molar-refractivity contribution is 0.507. The van der Waals surface area contributed by atoms with Crippen molar-refractivity contribution in [2.75, 3.05) is 0 Å². The zero-order valence-electron chi connectivity index (χ0n) is 8.60. The van der Waals surface area contributed by atoms with Gasteiger partial charge in [-0.3, -0.25) is 0 Å². The standard InChI is InChI=1S/C13H14F2/c14-12-8-7-11(9-13(12)15)6-2-5-10-3-1-4-10/h5,7-9H,1-4,6H2. The van der Waals surface area contributed by atoms with Crippen molar-refractivity contribution in [2.24, 2.45) is 0 Å². The number of aryl methyl sites for hydroxylation is 1. The van der Waals surface area contributed by atoms with Crippen LogP contribution in [0.4, 0.5) is 8.78 Å². The third kappa shape index (κ3) is 2.65. The van der Waals surface area contributed by atoms with E-state index in [0.717, 1.165) is 18.4 Å². The molecule has 80 valence electrons. The first-order valence-electron chi connectivity index (χ1n) is 5.37. The molecule has 1 fully saturated rings. The molecule has 2 heteroatoms. The maximum atomic E-state index is 12.9. The van der Waals surface area contributed by atoms with Gasteiger partial charge in [0, 0.05) is 0 Å². The Hall–Kier alpha value is -1.18. The number of rotatable bonds is 3. The van der Waals surface area contributed by atoms with Gasteiger partial charge >= 0.3 is 0 Å². The van der Waals surface area contributed by atoms with Gasteiger partial charge in [-0.25, -0.2) is 8.78 Å². The largest absolute Gasteiger partial charge is 0.204 e. The highest BCUT2D eigenvalue weighted by Crippen LogP contribution is 2.25. The van der Waals surface area contributed by atoms with Crippen molar-refractivity contribution < 1.29 is 8.78 Å². The Morgan fingerprint density at radius 3 is 2.53 bits per heavy atom. The van der Waals surface area contributed by atoms with Gasteiger partial charge in [0.15, 0.2) is 11.6 Å². The van der Waals surface area contributed by atoms with Gasteiger partial charge in [0.05, 0.1) is 0 Å². The Morgan fingerprint density at radius 2 is 1.93 bits per heavy atom. The van der Waals surface area contributed by atoms with E-state index in [-0.39, 0.29) is 0 Å². The summed E-state index contributed by atoms with van der Waals surface area (Å²) in [6.07, 6.45) is 7.69. The topological polar surface area (TPSA) is 0 Å². The normalized spacial score (nSPS) is 14.9. The number of allylic oxidation sites excluding steroid dienone is 2. The molecule has 0 saturated heterocycles. The second-order valence-corrected chi connectivity index (χ2v) is 4.00. The van der Waals surface area contributed by atoms with Gasteiger partial charge in [-0.1, -0.05) is 17.7 Å². The number of hydrogen-bond acceptors (Lipinski definition) is 0. The monoisotopic (exact) mass is 208 g/mol. The highest BCUT2D eigenvalue weighted by molar-refractivity contribution is 5.19. The Kier molecular flexibility index (Phi) is 3.14. The fraction of sp³-hybridized carbons (Fsp3) is 0.385. The van der Waals surface area contributed by atoms with Gasteiger partial charge in [0.25, 0.3) is 0 Å². The van der Waals surface area contributed by atoms with E-state index in [0.29, 0.717) is 0 Å². The van der Waals surface area contributed by atoms with Crippen molar-refractivity contribution in [1.29, 1.82) is 0 Å². The molecule has 0 heterocycles. The number of hydrogen-bond donors (Lipinski definition) is 0. The van der Waals surface area contributed by atoms with E-state index in [1.807, 2.05) is 0 Å². The van der Waals surface area contributed by atoms with Gasteiger partial charge in [-0.05, 0) is 49.8 Å². The van der Waals surface area contributed by atoms with Crippen molar-refractivity contribution in [1.82, 2.24) is 0 Å². The van der Waals surface area contributed by atoms with E-state index in [1.165, 1.54) is 37.0 Å². The molecule has 1 aliphatic carbocycles. The Labute approximate surface area is 88.6 Å². The summed E-state index contributed by atoms with van der Waals surface area (Å²) in [5.41, 5.74) is 2.38. The number of benzene rings is 1. The van der Waals surface area contributed by atoms with Crippen LogP contribution in [-0.2, 0) is 6.42 Å².